The first-order chi connectivity index (χ1) is 6.15. The second kappa shape index (κ2) is 3.92. The van der Waals surface area contributed by atoms with E-state index in [1.165, 1.54) is 24.4 Å². The molecule has 2 N–H and O–H groups in total. The zero-order valence-corrected chi connectivity index (χ0v) is 8.00. The quantitative estimate of drug-likeness (QED) is 0.576. The molecule has 0 bridgehead atoms. The first-order valence-electron chi connectivity index (χ1n) is 3.33. The summed E-state index contributed by atoms with van der Waals surface area (Å²) in [4.78, 5) is 11.0. The zero-order chi connectivity index (χ0) is 9.84. The normalized spacial score (nSPS) is 8.92. The molecule has 1 aromatic carbocycles. The number of hydrogen-bond acceptors (Lipinski definition) is 3. The lowest BCUT2D eigenvalue weighted by Crippen LogP contribution is -2.16. The third-order valence-corrected chi connectivity index (χ3v) is 2.05. The second-order valence-electron chi connectivity index (χ2n) is 2.23. The Kier molecular flexibility index (Phi) is 2.88. The van der Waals surface area contributed by atoms with Crippen molar-refractivity contribution in [2.24, 2.45) is 0 Å². The molecule has 0 atom stereocenters. The number of benzene rings is 1. The fourth-order valence-corrected chi connectivity index (χ4v) is 1.02. The molecule has 0 heterocycles. The van der Waals surface area contributed by atoms with Crippen LogP contribution in [0, 0.1) is 11.5 Å². The van der Waals surface area contributed by atoms with Gasteiger partial charge in [0.05, 0.1) is 4.47 Å². The van der Waals surface area contributed by atoms with Gasteiger partial charge in [0.2, 0.25) is 0 Å². The number of carbonyl (C=O) groups excluding carboxylic acids is 1. The molecule has 1 amide bonds. The molecule has 1 aromatic rings. The van der Waals surface area contributed by atoms with Crippen LogP contribution in [-0.2, 0) is 0 Å². The number of hydrogen-bond donors (Lipinski definition) is 2. The van der Waals surface area contributed by atoms with Gasteiger partial charge in [-0.25, -0.2) is 0 Å². The third kappa shape index (κ3) is 2.20. The number of aromatic hydroxyl groups is 1. The predicted molar refractivity (Wildman–Crippen MR) is 48.9 cm³/mol. The maximum Gasteiger partial charge on any atom is 0.264 e. The van der Waals surface area contributed by atoms with Gasteiger partial charge < -0.3 is 5.11 Å². The van der Waals surface area contributed by atoms with Crippen molar-refractivity contribution in [2.45, 2.75) is 0 Å². The van der Waals surface area contributed by atoms with Crippen LogP contribution in [0.5, 0.6) is 5.75 Å². The summed E-state index contributed by atoms with van der Waals surface area (Å²) >= 11 is 3.07. The van der Waals surface area contributed by atoms with Crippen LogP contribution in [0.3, 0.4) is 0 Å². The molecule has 0 aliphatic rings. The van der Waals surface area contributed by atoms with Crippen molar-refractivity contribution in [3.63, 3.8) is 0 Å². The highest BCUT2D eigenvalue weighted by Crippen LogP contribution is 2.24. The van der Waals surface area contributed by atoms with Gasteiger partial charge in [0, 0.05) is 5.56 Å². The van der Waals surface area contributed by atoms with E-state index in [1.54, 1.807) is 0 Å². The molecule has 66 valence electrons. The SMILES string of the molecule is N#CNC(=O)c1ccc(Br)c(O)c1. The standard InChI is InChI=1S/C8H5BrN2O2/c9-6-2-1-5(3-7(6)12)8(13)11-4-10/h1-3,12H,(H,11,13). The number of nitrogens with one attached hydrogen (secondary N) is 1. The van der Waals surface area contributed by atoms with Crippen molar-refractivity contribution in [1.29, 1.82) is 5.26 Å². The smallest absolute Gasteiger partial charge is 0.264 e. The average molecular weight is 241 g/mol. The first-order valence-corrected chi connectivity index (χ1v) is 4.12. The topological polar surface area (TPSA) is 73.1 Å². The Balaban J connectivity index is 2.98. The molecule has 1 rings (SSSR count). The molecular formula is C8H5BrN2O2. The Morgan fingerprint density at radius 3 is 2.85 bits per heavy atom. The lowest BCUT2D eigenvalue weighted by Gasteiger charge is -1.99. The van der Waals surface area contributed by atoms with Crippen LogP contribution >= 0.6 is 15.9 Å². The molecule has 0 saturated carbocycles. The number of nitriles is 1. The highest BCUT2D eigenvalue weighted by molar-refractivity contribution is 9.10. The predicted octanol–water partition coefficient (Wildman–Crippen LogP) is 1.37. The Labute approximate surface area is 82.9 Å². The molecule has 0 spiro atoms. The van der Waals surface area contributed by atoms with Crippen LogP contribution < -0.4 is 5.32 Å². The molecular weight excluding hydrogens is 236 g/mol. The number of phenolic OH excluding ortho intramolecular Hbond substituents is 1. The van der Waals surface area contributed by atoms with Gasteiger partial charge in [-0.1, -0.05) is 0 Å². The van der Waals surface area contributed by atoms with Crippen molar-refractivity contribution >= 4 is 21.8 Å². The molecule has 0 fully saturated rings. The van der Waals surface area contributed by atoms with Crippen LogP contribution in [-0.4, -0.2) is 11.0 Å². The van der Waals surface area contributed by atoms with E-state index in [9.17, 15) is 9.90 Å². The van der Waals surface area contributed by atoms with Crippen LogP contribution in [0.1, 0.15) is 10.4 Å². The minimum Gasteiger partial charge on any atom is -0.507 e. The van der Waals surface area contributed by atoms with E-state index < -0.39 is 5.91 Å². The van der Waals surface area contributed by atoms with E-state index in [0.717, 1.165) is 0 Å². The Bertz CT molecular complexity index is 384. The van der Waals surface area contributed by atoms with Crippen LogP contribution in [0.15, 0.2) is 22.7 Å². The van der Waals surface area contributed by atoms with Gasteiger partial charge in [-0.15, -0.1) is 0 Å². The van der Waals surface area contributed by atoms with E-state index in [4.69, 9.17) is 5.26 Å². The summed E-state index contributed by atoms with van der Waals surface area (Å²) in [5.74, 6) is -0.573. The zero-order valence-electron chi connectivity index (χ0n) is 6.41. The van der Waals surface area contributed by atoms with E-state index in [2.05, 4.69) is 15.9 Å². The van der Waals surface area contributed by atoms with Gasteiger partial charge in [-0.05, 0) is 34.1 Å². The van der Waals surface area contributed by atoms with Crippen molar-refractivity contribution in [1.82, 2.24) is 5.32 Å². The van der Waals surface area contributed by atoms with Gasteiger partial charge >= 0.3 is 0 Å². The van der Waals surface area contributed by atoms with Crippen molar-refractivity contribution in [3.8, 4) is 11.9 Å². The highest BCUT2D eigenvalue weighted by atomic mass is 79.9. The molecule has 4 nitrogen and oxygen atoms in total. The molecule has 0 aromatic heterocycles. The van der Waals surface area contributed by atoms with E-state index in [1.807, 2.05) is 5.32 Å². The molecule has 0 saturated heterocycles. The van der Waals surface area contributed by atoms with Gasteiger partial charge in [-0.3, -0.25) is 10.1 Å². The molecule has 0 aliphatic heterocycles. The maximum absolute atomic E-state index is 11.0. The molecule has 13 heavy (non-hydrogen) atoms. The summed E-state index contributed by atoms with van der Waals surface area (Å²) in [6.07, 6.45) is 1.51. The second-order valence-corrected chi connectivity index (χ2v) is 3.09. The van der Waals surface area contributed by atoms with E-state index in [0.29, 0.717) is 4.47 Å². The molecule has 0 unspecified atom stereocenters. The Morgan fingerprint density at radius 1 is 1.62 bits per heavy atom. The lowest BCUT2D eigenvalue weighted by molar-refractivity contribution is 0.0972. The monoisotopic (exact) mass is 240 g/mol. The number of carbonyl (C=O) groups is 1. The largest absolute Gasteiger partial charge is 0.507 e. The average Bonchev–Trinajstić information content (AvgIpc) is 2.10. The fraction of sp³-hybridized carbons (Fsp3) is 0. The number of rotatable bonds is 1. The van der Waals surface area contributed by atoms with Crippen molar-refractivity contribution in [2.75, 3.05) is 0 Å². The summed E-state index contributed by atoms with van der Waals surface area (Å²) in [6.45, 7) is 0. The molecule has 0 aliphatic carbocycles. The van der Waals surface area contributed by atoms with E-state index >= 15 is 0 Å². The summed E-state index contributed by atoms with van der Waals surface area (Å²) in [7, 11) is 0. The van der Waals surface area contributed by atoms with Gasteiger partial charge in [-0.2, -0.15) is 5.26 Å². The van der Waals surface area contributed by atoms with Crippen LogP contribution in [0.2, 0.25) is 0 Å². The highest BCUT2D eigenvalue weighted by Gasteiger charge is 2.06. The van der Waals surface area contributed by atoms with E-state index in [-0.39, 0.29) is 11.3 Å². The first kappa shape index (κ1) is 9.55. The summed E-state index contributed by atoms with van der Waals surface area (Å²) in [6, 6.07) is 4.30. The summed E-state index contributed by atoms with van der Waals surface area (Å²) in [5.41, 5.74) is 0.238. The number of nitrogens with zero attached hydrogens (tertiary/aromatic N) is 1. The number of phenols is 1. The summed E-state index contributed by atoms with van der Waals surface area (Å²) < 4.78 is 0.501. The lowest BCUT2D eigenvalue weighted by atomic mass is 10.2. The van der Waals surface area contributed by atoms with Crippen molar-refractivity contribution in [3.05, 3.63) is 28.2 Å². The number of halogens is 1. The van der Waals surface area contributed by atoms with Crippen molar-refractivity contribution < 1.29 is 9.90 Å². The summed E-state index contributed by atoms with van der Waals surface area (Å²) in [5, 5.41) is 19.3. The third-order valence-electron chi connectivity index (χ3n) is 1.38. The minimum absolute atomic E-state index is 0.0365. The maximum atomic E-state index is 11.0. The minimum atomic E-state index is -0.537. The molecule has 0 radical (unpaired) electrons. The van der Waals surface area contributed by atoms with Gasteiger partial charge in [0.25, 0.3) is 5.91 Å². The number of amides is 1. The van der Waals surface area contributed by atoms with Gasteiger partial charge in [0.15, 0.2) is 6.19 Å². The van der Waals surface area contributed by atoms with Crippen LogP contribution in [0.25, 0.3) is 0 Å². The van der Waals surface area contributed by atoms with Gasteiger partial charge in [0.1, 0.15) is 5.75 Å². The fourth-order valence-electron chi connectivity index (χ4n) is 0.777. The molecule has 5 heteroatoms. The Hall–Kier alpha value is -1.54. The van der Waals surface area contributed by atoms with Crippen LogP contribution in [0.4, 0.5) is 0 Å². The Morgan fingerprint density at radius 2 is 2.31 bits per heavy atom.